The van der Waals surface area contributed by atoms with E-state index in [0.717, 1.165) is 11.1 Å². The number of aryl methyl sites for hydroxylation is 2. The van der Waals surface area contributed by atoms with E-state index in [-0.39, 0.29) is 28.8 Å². The van der Waals surface area contributed by atoms with Crippen molar-refractivity contribution in [2.24, 2.45) is 13.0 Å². The van der Waals surface area contributed by atoms with Crippen molar-refractivity contribution in [3.05, 3.63) is 57.9 Å². The van der Waals surface area contributed by atoms with Gasteiger partial charge in [-0.05, 0) is 60.1 Å². The van der Waals surface area contributed by atoms with Crippen LogP contribution in [0, 0.1) is 5.92 Å². The number of aromatic nitrogens is 2. The average Bonchev–Trinajstić information content (AvgIpc) is 3.21. The molecule has 11 heteroatoms. The first-order valence-electron chi connectivity index (χ1n) is 13.9. The van der Waals surface area contributed by atoms with Gasteiger partial charge >= 0.3 is 0 Å². The zero-order valence-corrected chi connectivity index (χ0v) is 25.2. The van der Waals surface area contributed by atoms with E-state index < -0.39 is 12.1 Å². The maximum Gasteiger partial charge on any atom is 0.248 e. The van der Waals surface area contributed by atoms with Gasteiger partial charge in [-0.15, -0.1) is 0 Å². The van der Waals surface area contributed by atoms with E-state index in [9.17, 15) is 14.4 Å². The number of hydrogen-bond acceptors (Lipinski definition) is 8. The first-order valence-corrected chi connectivity index (χ1v) is 13.9. The molecule has 0 aliphatic heterocycles. The van der Waals surface area contributed by atoms with Crippen LogP contribution in [0.3, 0.4) is 0 Å². The van der Waals surface area contributed by atoms with Crippen LogP contribution in [0.15, 0.2) is 41.3 Å². The second-order valence-corrected chi connectivity index (χ2v) is 10.8. The highest BCUT2D eigenvalue weighted by atomic mass is 16.5. The minimum absolute atomic E-state index is 0.170. The van der Waals surface area contributed by atoms with Crippen LogP contribution in [-0.2, 0) is 23.1 Å². The Bertz CT molecular complexity index is 1530. The van der Waals surface area contributed by atoms with Gasteiger partial charge in [-0.3, -0.25) is 19.1 Å². The highest BCUT2D eigenvalue weighted by molar-refractivity contribution is 5.96. The zero-order valence-electron chi connectivity index (χ0n) is 25.2. The summed E-state index contributed by atoms with van der Waals surface area (Å²) in [6.45, 7) is 5.48. The monoisotopic (exact) mass is 577 g/mol. The molecule has 0 saturated carbocycles. The lowest BCUT2D eigenvalue weighted by atomic mass is 9.95. The molecule has 11 nitrogen and oxygen atoms in total. The van der Waals surface area contributed by atoms with Gasteiger partial charge in [0.15, 0.2) is 17.3 Å². The van der Waals surface area contributed by atoms with Gasteiger partial charge in [0.1, 0.15) is 6.04 Å². The molecular formula is C31H39N5O6. The van der Waals surface area contributed by atoms with E-state index in [2.05, 4.69) is 21.0 Å². The van der Waals surface area contributed by atoms with Crippen LogP contribution in [0.1, 0.15) is 50.8 Å². The van der Waals surface area contributed by atoms with Gasteiger partial charge in [0.25, 0.3) is 0 Å². The van der Waals surface area contributed by atoms with Crippen LogP contribution in [0.25, 0.3) is 11.1 Å². The molecule has 2 amide bonds. The fourth-order valence-electron chi connectivity index (χ4n) is 5.41. The number of amides is 2. The number of carbonyl (C=O) groups excluding carboxylic acids is 2. The van der Waals surface area contributed by atoms with Gasteiger partial charge in [0, 0.05) is 31.8 Å². The van der Waals surface area contributed by atoms with Crippen molar-refractivity contribution in [2.45, 2.75) is 52.1 Å². The van der Waals surface area contributed by atoms with Crippen LogP contribution in [0.4, 0.5) is 11.5 Å². The Labute approximate surface area is 245 Å². The van der Waals surface area contributed by atoms with Gasteiger partial charge < -0.3 is 30.2 Å². The molecule has 0 fully saturated rings. The Kier molecular flexibility index (Phi) is 9.39. The average molecular weight is 578 g/mol. The molecular weight excluding hydrogens is 538 g/mol. The molecule has 1 heterocycles. The van der Waals surface area contributed by atoms with Crippen LogP contribution >= 0.6 is 0 Å². The van der Waals surface area contributed by atoms with Crippen molar-refractivity contribution < 1.29 is 23.8 Å². The second kappa shape index (κ2) is 13.0. The molecule has 1 aromatic heterocycles. The highest BCUT2D eigenvalue weighted by Crippen LogP contribution is 2.50. The van der Waals surface area contributed by atoms with Crippen LogP contribution in [-0.4, -0.2) is 49.0 Å². The third-order valence-corrected chi connectivity index (χ3v) is 7.23. The molecule has 0 radical (unpaired) electrons. The molecule has 224 valence electrons. The quantitative estimate of drug-likeness (QED) is 0.329. The Morgan fingerprint density at radius 1 is 1.07 bits per heavy atom. The van der Waals surface area contributed by atoms with Gasteiger partial charge in [-0.25, -0.2) is 0 Å². The topological polar surface area (TPSA) is 133 Å². The number of anilines is 2. The van der Waals surface area contributed by atoms with Gasteiger partial charge in [-0.1, -0.05) is 19.9 Å². The molecule has 3 N–H and O–H groups in total. The summed E-state index contributed by atoms with van der Waals surface area (Å²) in [5.74, 6) is 1.51. The third kappa shape index (κ3) is 6.50. The van der Waals surface area contributed by atoms with E-state index in [1.165, 1.54) is 20.1 Å². The normalized spacial score (nSPS) is 14.6. The van der Waals surface area contributed by atoms with Gasteiger partial charge in [0.2, 0.25) is 23.0 Å². The summed E-state index contributed by atoms with van der Waals surface area (Å²) in [4.78, 5) is 39.2. The lowest BCUT2D eigenvalue weighted by Gasteiger charge is -2.20. The smallest absolute Gasteiger partial charge is 0.248 e. The van der Waals surface area contributed by atoms with Crippen molar-refractivity contribution in [3.8, 4) is 28.4 Å². The fourth-order valence-corrected chi connectivity index (χ4v) is 5.41. The Morgan fingerprint density at radius 2 is 1.81 bits per heavy atom. The molecule has 2 atom stereocenters. The summed E-state index contributed by atoms with van der Waals surface area (Å²) in [6.07, 6.45) is 3.37. The molecule has 0 bridgehead atoms. The summed E-state index contributed by atoms with van der Waals surface area (Å²) in [6, 6.07) is 7.53. The van der Waals surface area contributed by atoms with Crippen molar-refractivity contribution in [3.63, 3.8) is 0 Å². The summed E-state index contributed by atoms with van der Waals surface area (Å²) in [5, 5.41) is 13.3. The number of hydrogen-bond donors (Lipinski definition) is 3. The predicted molar refractivity (Wildman–Crippen MR) is 161 cm³/mol. The minimum atomic E-state index is -0.695. The number of nitrogens with one attached hydrogen (secondary N) is 3. The maximum absolute atomic E-state index is 13.7. The van der Waals surface area contributed by atoms with Crippen molar-refractivity contribution in [1.82, 2.24) is 15.1 Å². The largest absolute Gasteiger partial charge is 0.493 e. The molecule has 0 spiro atoms. The SMILES string of the molecule is COc1cc2c(c(OC)c1OC)-c1ccc(N[C@H](CC(C)C)C(=O)Nc3ccn(C)n3)c(=O)cc1[C@H](NC(C)=O)CC2. The lowest BCUT2D eigenvalue weighted by Crippen LogP contribution is -2.37. The summed E-state index contributed by atoms with van der Waals surface area (Å²) in [5.41, 5.74) is 2.99. The number of nitrogens with zero attached hydrogens (tertiary/aromatic N) is 2. The van der Waals surface area contributed by atoms with Crippen molar-refractivity contribution >= 4 is 23.3 Å². The van der Waals surface area contributed by atoms with Crippen LogP contribution < -0.4 is 35.6 Å². The summed E-state index contributed by atoms with van der Waals surface area (Å²) >= 11 is 0. The van der Waals surface area contributed by atoms with Gasteiger partial charge in [-0.2, -0.15) is 5.10 Å². The molecule has 0 saturated heterocycles. The Morgan fingerprint density at radius 3 is 2.40 bits per heavy atom. The lowest BCUT2D eigenvalue weighted by molar-refractivity contribution is -0.120. The second-order valence-electron chi connectivity index (χ2n) is 10.8. The molecule has 3 aromatic rings. The Hall–Kier alpha value is -4.54. The molecule has 1 aliphatic carbocycles. The predicted octanol–water partition coefficient (Wildman–Crippen LogP) is 4.06. The maximum atomic E-state index is 13.7. The minimum Gasteiger partial charge on any atom is -0.493 e. The first kappa shape index (κ1) is 30.4. The first-order chi connectivity index (χ1) is 20.1. The van der Waals surface area contributed by atoms with Crippen LogP contribution in [0.2, 0.25) is 0 Å². The third-order valence-electron chi connectivity index (χ3n) is 7.23. The number of rotatable bonds is 10. The number of ether oxygens (including phenoxy) is 3. The fraction of sp³-hybridized carbons (Fsp3) is 0.419. The molecule has 2 aromatic carbocycles. The standard InChI is InChI=1S/C31H39N5O6/c1-17(2)14-24(31(39)34-27-12-13-36(4)35-27)33-23-11-9-20-21(16-25(23)38)22(32-18(3)37)10-8-19-15-26(40-5)29(41-6)30(42-7)28(19)20/h9,11-13,15-17,22,24H,8,10,14H2,1-7H3,(H,32,37)(H,33,38)(H,34,35,39)/t22-,24-/m1/s1. The number of methoxy groups -OCH3 is 3. The molecule has 0 unspecified atom stereocenters. The van der Waals surface area contributed by atoms with Gasteiger partial charge in [0.05, 0.1) is 33.1 Å². The van der Waals surface area contributed by atoms with Crippen LogP contribution in [0.5, 0.6) is 17.2 Å². The summed E-state index contributed by atoms with van der Waals surface area (Å²) < 4.78 is 18.7. The highest BCUT2D eigenvalue weighted by Gasteiger charge is 2.30. The van der Waals surface area contributed by atoms with E-state index in [4.69, 9.17) is 14.2 Å². The summed E-state index contributed by atoms with van der Waals surface area (Å²) in [7, 11) is 6.43. The molecule has 42 heavy (non-hydrogen) atoms. The number of carbonyl (C=O) groups is 2. The zero-order chi connectivity index (χ0) is 30.6. The van der Waals surface area contributed by atoms with E-state index in [1.54, 1.807) is 44.3 Å². The van der Waals surface area contributed by atoms with E-state index >= 15 is 0 Å². The molecule has 4 rings (SSSR count). The Balaban J connectivity index is 1.86. The number of benzene rings is 1. The number of fused-ring (bicyclic) bond motifs is 3. The van der Waals surface area contributed by atoms with Crippen molar-refractivity contribution in [2.75, 3.05) is 32.0 Å². The molecule has 1 aliphatic rings. The van der Waals surface area contributed by atoms with E-state index in [1.807, 2.05) is 26.0 Å². The van der Waals surface area contributed by atoms with E-state index in [0.29, 0.717) is 53.5 Å². The van der Waals surface area contributed by atoms with Crippen molar-refractivity contribution in [1.29, 1.82) is 0 Å².